The zero-order chi connectivity index (χ0) is 18.0. The van der Waals surface area contributed by atoms with Crippen molar-refractivity contribution in [2.24, 2.45) is 0 Å². The molecule has 0 unspecified atom stereocenters. The van der Waals surface area contributed by atoms with E-state index in [9.17, 15) is 14.0 Å². The van der Waals surface area contributed by atoms with Gasteiger partial charge in [0.25, 0.3) is 11.5 Å². The summed E-state index contributed by atoms with van der Waals surface area (Å²) in [6.45, 7) is 3.51. The first-order valence-corrected chi connectivity index (χ1v) is 7.68. The Morgan fingerprint density at radius 3 is 2.48 bits per heavy atom. The minimum Gasteiger partial charge on any atom is -0.306 e. The summed E-state index contributed by atoms with van der Waals surface area (Å²) in [6.07, 6.45) is 3.13. The van der Waals surface area contributed by atoms with Gasteiger partial charge in [-0.15, -0.1) is 0 Å². The third-order valence-corrected chi connectivity index (χ3v) is 3.87. The number of hydrogen-bond donors (Lipinski definition) is 1. The standard InChI is InChI=1S/C19H16FN3O2/c1-12-9-11-23(15-7-5-14(20)6-8-15)19(25)16(12)18(24)22-17-13(2)4-3-10-21-17/h3-11H,1-2H3,(H,21,22,24). The van der Waals surface area contributed by atoms with Crippen LogP contribution in [0.3, 0.4) is 0 Å². The minimum absolute atomic E-state index is 0.0249. The fraction of sp³-hybridized carbons (Fsp3) is 0.105. The van der Waals surface area contributed by atoms with Gasteiger partial charge >= 0.3 is 0 Å². The Hall–Kier alpha value is -3.28. The van der Waals surface area contributed by atoms with Crippen LogP contribution in [0.2, 0.25) is 0 Å². The summed E-state index contributed by atoms with van der Waals surface area (Å²) in [5, 5.41) is 2.67. The van der Waals surface area contributed by atoms with E-state index in [1.807, 2.05) is 13.0 Å². The Bertz CT molecular complexity index is 994. The molecule has 0 aliphatic carbocycles. The zero-order valence-electron chi connectivity index (χ0n) is 13.8. The summed E-state index contributed by atoms with van der Waals surface area (Å²) in [5.41, 5.74) is 1.38. The van der Waals surface area contributed by atoms with Gasteiger partial charge in [-0.2, -0.15) is 0 Å². The molecule has 0 saturated heterocycles. The van der Waals surface area contributed by atoms with Gasteiger partial charge in [0.2, 0.25) is 0 Å². The van der Waals surface area contributed by atoms with E-state index in [2.05, 4.69) is 10.3 Å². The Kier molecular flexibility index (Phi) is 4.43. The number of halogens is 1. The van der Waals surface area contributed by atoms with E-state index in [0.717, 1.165) is 5.56 Å². The van der Waals surface area contributed by atoms with Gasteiger partial charge in [-0.05, 0) is 61.4 Å². The van der Waals surface area contributed by atoms with Gasteiger partial charge in [-0.25, -0.2) is 9.37 Å². The second-order valence-electron chi connectivity index (χ2n) is 5.65. The molecule has 1 amide bonds. The highest BCUT2D eigenvalue weighted by molar-refractivity contribution is 6.04. The van der Waals surface area contributed by atoms with E-state index in [0.29, 0.717) is 17.1 Å². The van der Waals surface area contributed by atoms with Crippen molar-refractivity contribution in [3.05, 3.63) is 87.7 Å². The molecule has 3 aromatic rings. The highest BCUT2D eigenvalue weighted by Crippen LogP contribution is 2.13. The fourth-order valence-electron chi connectivity index (χ4n) is 2.49. The predicted octanol–water partition coefficient (Wildman–Crippen LogP) is 3.24. The van der Waals surface area contributed by atoms with Gasteiger partial charge in [0.05, 0.1) is 0 Å². The van der Waals surface area contributed by atoms with E-state index >= 15 is 0 Å². The van der Waals surface area contributed by atoms with Crippen LogP contribution in [0.4, 0.5) is 10.2 Å². The summed E-state index contributed by atoms with van der Waals surface area (Å²) in [7, 11) is 0. The lowest BCUT2D eigenvalue weighted by atomic mass is 10.1. The lowest BCUT2D eigenvalue weighted by Gasteiger charge is -2.12. The topological polar surface area (TPSA) is 64.0 Å². The molecule has 0 spiro atoms. The molecule has 2 heterocycles. The molecule has 25 heavy (non-hydrogen) atoms. The van der Waals surface area contributed by atoms with E-state index < -0.39 is 17.3 Å². The van der Waals surface area contributed by atoms with E-state index in [1.165, 1.54) is 28.8 Å². The van der Waals surface area contributed by atoms with Crippen molar-refractivity contribution >= 4 is 11.7 Å². The van der Waals surface area contributed by atoms with Crippen LogP contribution in [0.1, 0.15) is 21.5 Å². The second kappa shape index (κ2) is 6.68. The molecule has 0 saturated carbocycles. The summed E-state index contributed by atoms with van der Waals surface area (Å²) in [5.74, 6) is -0.517. The normalized spacial score (nSPS) is 10.5. The largest absolute Gasteiger partial charge is 0.306 e. The molecule has 1 aromatic carbocycles. The average Bonchev–Trinajstić information content (AvgIpc) is 2.58. The van der Waals surface area contributed by atoms with Crippen LogP contribution in [0.15, 0.2) is 59.7 Å². The van der Waals surface area contributed by atoms with Crippen LogP contribution in [-0.4, -0.2) is 15.5 Å². The molecule has 5 nitrogen and oxygen atoms in total. The van der Waals surface area contributed by atoms with Gasteiger partial charge in [0.15, 0.2) is 0 Å². The SMILES string of the molecule is Cc1cccnc1NC(=O)c1c(C)ccn(-c2ccc(F)cc2)c1=O. The smallest absolute Gasteiger partial charge is 0.268 e. The van der Waals surface area contributed by atoms with Crippen molar-refractivity contribution in [3.63, 3.8) is 0 Å². The molecule has 0 fully saturated rings. The number of aromatic nitrogens is 2. The fourth-order valence-corrected chi connectivity index (χ4v) is 2.49. The van der Waals surface area contributed by atoms with Crippen molar-refractivity contribution in [1.82, 2.24) is 9.55 Å². The lowest BCUT2D eigenvalue weighted by Crippen LogP contribution is -2.29. The molecule has 3 rings (SSSR count). The van der Waals surface area contributed by atoms with Crippen LogP contribution in [-0.2, 0) is 0 Å². The quantitative estimate of drug-likeness (QED) is 0.798. The average molecular weight is 337 g/mol. The van der Waals surface area contributed by atoms with Crippen LogP contribution in [0.25, 0.3) is 5.69 Å². The van der Waals surface area contributed by atoms with E-state index in [-0.39, 0.29) is 5.56 Å². The molecule has 0 radical (unpaired) electrons. The highest BCUT2D eigenvalue weighted by atomic mass is 19.1. The molecule has 0 bridgehead atoms. The number of carbonyl (C=O) groups is 1. The number of aryl methyl sites for hydroxylation is 2. The Balaban J connectivity index is 2.03. The van der Waals surface area contributed by atoms with Gasteiger partial charge in [-0.1, -0.05) is 6.07 Å². The number of rotatable bonds is 3. The van der Waals surface area contributed by atoms with Crippen LogP contribution < -0.4 is 10.9 Å². The second-order valence-corrected chi connectivity index (χ2v) is 5.65. The van der Waals surface area contributed by atoms with Crippen molar-refractivity contribution < 1.29 is 9.18 Å². The molecular weight excluding hydrogens is 321 g/mol. The third kappa shape index (κ3) is 3.33. The summed E-state index contributed by atoms with van der Waals surface area (Å²) in [6, 6.07) is 10.7. The molecule has 0 aliphatic heterocycles. The number of pyridine rings is 2. The third-order valence-electron chi connectivity index (χ3n) is 3.87. The summed E-state index contributed by atoms with van der Waals surface area (Å²) >= 11 is 0. The van der Waals surface area contributed by atoms with Gasteiger partial charge < -0.3 is 5.32 Å². The number of nitrogens with one attached hydrogen (secondary N) is 1. The number of nitrogens with zero attached hydrogens (tertiary/aromatic N) is 2. The van der Waals surface area contributed by atoms with Crippen molar-refractivity contribution in [3.8, 4) is 5.69 Å². The van der Waals surface area contributed by atoms with E-state index in [4.69, 9.17) is 0 Å². The van der Waals surface area contributed by atoms with Crippen molar-refractivity contribution in [2.45, 2.75) is 13.8 Å². The maximum absolute atomic E-state index is 13.1. The number of benzene rings is 1. The minimum atomic E-state index is -0.527. The molecule has 0 atom stereocenters. The number of hydrogen-bond acceptors (Lipinski definition) is 3. The van der Waals surface area contributed by atoms with Crippen LogP contribution in [0, 0.1) is 19.7 Å². The Morgan fingerprint density at radius 1 is 1.08 bits per heavy atom. The van der Waals surface area contributed by atoms with Crippen LogP contribution >= 0.6 is 0 Å². The summed E-state index contributed by atoms with van der Waals surface area (Å²) < 4.78 is 14.4. The van der Waals surface area contributed by atoms with Crippen molar-refractivity contribution in [1.29, 1.82) is 0 Å². The van der Waals surface area contributed by atoms with Gasteiger partial charge in [-0.3, -0.25) is 14.2 Å². The lowest BCUT2D eigenvalue weighted by molar-refractivity contribution is 0.102. The van der Waals surface area contributed by atoms with Gasteiger partial charge in [0.1, 0.15) is 17.2 Å². The predicted molar refractivity (Wildman–Crippen MR) is 93.7 cm³/mol. The maximum atomic E-state index is 13.1. The van der Waals surface area contributed by atoms with Gasteiger partial charge in [0, 0.05) is 18.1 Å². The Labute approximate surface area is 143 Å². The maximum Gasteiger partial charge on any atom is 0.268 e. The number of amides is 1. The van der Waals surface area contributed by atoms with Crippen LogP contribution in [0.5, 0.6) is 0 Å². The molecule has 126 valence electrons. The summed E-state index contributed by atoms with van der Waals surface area (Å²) in [4.78, 5) is 29.5. The Morgan fingerprint density at radius 2 is 1.80 bits per heavy atom. The molecule has 0 aliphatic rings. The zero-order valence-corrected chi connectivity index (χ0v) is 13.8. The first-order valence-electron chi connectivity index (χ1n) is 7.68. The van der Waals surface area contributed by atoms with E-state index in [1.54, 1.807) is 31.5 Å². The molecular formula is C19H16FN3O2. The first-order chi connectivity index (χ1) is 12.0. The number of carbonyl (C=O) groups excluding carboxylic acids is 1. The first kappa shape index (κ1) is 16.6. The highest BCUT2D eigenvalue weighted by Gasteiger charge is 2.17. The number of anilines is 1. The van der Waals surface area contributed by atoms with Crippen molar-refractivity contribution in [2.75, 3.05) is 5.32 Å². The molecule has 2 aromatic heterocycles. The molecule has 1 N–H and O–H groups in total. The monoisotopic (exact) mass is 337 g/mol. The molecule has 6 heteroatoms.